The lowest BCUT2D eigenvalue weighted by molar-refractivity contribution is 0.101. The molecule has 0 radical (unpaired) electrons. The van der Waals surface area contributed by atoms with Crippen molar-refractivity contribution in [1.29, 1.82) is 0 Å². The molecule has 1 heterocycles. The predicted molar refractivity (Wildman–Crippen MR) is 77.2 cm³/mol. The summed E-state index contributed by atoms with van der Waals surface area (Å²) in [5, 5.41) is 2.48. The molecule has 0 fully saturated rings. The highest BCUT2D eigenvalue weighted by Gasteiger charge is 2.14. The zero-order chi connectivity index (χ0) is 14.2. The number of aromatic nitrogens is 1. The molecule has 2 rings (SSSR count). The maximum Gasteiger partial charge on any atom is 0.272 e. The number of hydrogen-bond acceptors (Lipinski definition) is 1. The Hall–Kier alpha value is -1.44. The van der Waals surface area contributed by atoms with Crippen LogP contribution in [0.15, 0.2) is 24.3 Å². The van der Waals surface area contributed by atoms with Gasteiger partial charge in [0.2, 0.25) is 0 Å². The molecule has 0 saturated heterocycles. The Labute approximate surface area is 122 Å². The number of halogens is 3. The molecule has 19 heavy (non-hydrogen) atoms. The highest BCUT2D eigenvalue weighted by atomic mass is 127. The van der Waals surface area contributed by atoms with Crippen LogP contribution in [0.25, 0.3) is 0 Å². The maximum absolute atomic E-state index is 13.4. The SMILES string of the molecule is Cc1ccc(C(=O)Nc2cc(F)c(I)c(F)c2)n1C. The van der Waals surface area contributed by atoms with E-state index in [2.05, 4.69) is 5.32 Å². The fourth-order valence-electron chi connectivity index (χ4n) is 1.66. The highest BCUT2D eigenvalue weighted by molar-refractivity contribution is 14.1. The molecule has 1 N–H and O–H groups in total. The Morgan fingerprint density at radius 2 is 1.84 bits per heavy atom. The molecule has 100 valence electrons. The number of benzene rings is 1. The Morgan fingerprint density at radius 1 is 1.26 bits per heavy atom. The van der Waals surface area contributed by atoms with E-state index < -0.39 is 17.5 Å². The minimum absolute atomic E-state index is 0.0923. The topological polar surface area (TPSA) is 34.0 Å². The van der Waals surface area contributed by atoms with Crippen LogP contribution >= 0.6 is 22.6 Å². The molecule has 0 saturated carbocycles. The quantitative estimate of drug-likeness (QED) is 0.632. The number of amides is 1. The Kier molecular flexibility index (Phi) is 3.88. The fourth-order valence-corrected chi connectivity index (χ4v) is 1.98. The molecule has 0 aliphatic heterocycles. The number of hydrogen-bond donors (Lipinski definition) is 1. The fraction of sp³-hybridized carbons (Fsp3) is 0.154. The summed E-state index contributed by atoms with van der Waals surface area (Å²) in [7, 11) is 1.75. The Morgan fingerprint density at radius 3 is 2.32 bits per heavy atom. The zero-order valence-electron chi connectivity index (χ0n) is 10.3. The van der Waals surface area contributed by atoms with Crippen molar-refractivity contribution >= 4 is 34.2 Å². The summed E-state index contributed by atoms with van der Waals surface area (Å²) in [5.41, 5.74) is 1.45. The first kappa shape index (κ1) is 14.0. The normalized spacial score (nSPS) is 10.6. The minimum Gasteiger partial charge on any atom is -0.344 e. The molecule has 0 aliphatic rings. The molecular formula is C13H11F2IN2O. The second-order valence-electron chi connectivity index (χ2n) is 4.13. The monoisotopic (exact) mass is 376 g/mol. The van der Waals surface area contributed by atoms with Crippen LogP contribution in [0, 0.1) is 22.1 Å². The van der Waals surface area contributed by atoms with Crippen molar-refractivity contribution in [1.82, 2.24) is 4.57 Å². The molecule has 0 unspecified atom stereocenters. The summed E-state index contributed by atoms with van der Waals surface area (Å²) in [5.74, 6) is -1.80. The summed E-state index contributed by atoms with van der Waals surface area (Å²) in [4.78, 5) is 12.0. The standard InChI is InChI=1S/C13H11F2IN2O/c1-7-3-4-11(18(7)2)13(19)17-8-5-9(14)12(16)10(15)6-8/h3-6H,1-2H3,(H,17,19). The van der Waals surface area contributed by atoms with Crippen molar-refractivity contribution in [2.24, 2.45) is 7.05 Å². The van der Waals surface area contributed by atoms with E-state index >= 15 is 0 Å². The van der Waals surface area contributed by atoms with Gasteiger partial charge in [-0.05, 0) is 53.8 Å². The molecule has 1 amide bonds. The van der Waals surface area contributed by atoms with Gasteiger partial charge in [0.25, 0.3) is 5.91 Å². The maximum atomic E-state index is 13.4. The number of carbonyl (C=O) groups is 1. The Bertz CT molecular complexity index is 629. The molecule has 2 aromatic rings. The van der Waals surface area contributed by atoms with Crippen LogP contribution in [-0.2, 0) is 7.05 Å². The van der Waals surface area contributed by atoms with Gasteiger partial charge in [-0.3, -0.25) is 4.79 Å². The van der Waals surface area contributed by atoms with E-state index in [-0.39, 0.29) is 9.26 Å². The van der Waals surface area contributed by atoms with Gasteiger partial charge in [0.05, 0.1) is 3.57 Å². The van der Waals surface area contributed by atoms with Crippen LogP contribution < -0.4 is 5.32 Å². The van der Waals surface area contributed by atoms with E-state index in [1.54, 1.807) is 46.3 Å². The van der Waals surface area contributed by atoms with E-state index in [9.17, 15) is 13.6 Å². The molecule has 1 aromatic carbocycles. The van der Waals surface area contributed by atoms with E-state index in [0.717, 1.165) is 17.8 Å². The van der Waals surface area contributed by atoms with Crippen LogP contribution in [0.5, 0.6) is 0 Å². The largest absolute Gasteiger partial charge is 0.344 e. The molecule has 0 bridgehead atoms. The number of carbonyl (C=O) groups excluding carboxylic acids is 1. The molecule has 3 nitrogen and oxygen atoms in total. The summed E-state index contributed by atoms with van der Waals surface area (Å²) >= 11 is 1.57. The van der Waals surface area contributed by atoms with Gasteiger partial charge in [0.15, 0.2) is 0 Å². The first-order chi connectivity index (χ1) is 8.90. The van der Waals surface area contributed by atoms with Crippen molar-refractivity contribution in [2.45, 2.75) is 6.92 Å². The van der Waals surface area contributed by atoms with Crippen LogP contribution in [0.2, 0.25) is 0 Å². The highest BCUT2D eigenvalue weighted by Crippen LogP contribution is 2.21. The molecule has 0 spiro atoms. The first-order valence-corrected chi connectivity index (χ1v) is 6.56. The van der Waals surface area contributed by atoms with Crippen molar-refractivity contribution in [3.8, 4) is 0 Å². The molecule has 0 atom stereocenters. The minimum atomic E-state index is -0.695. The van der Waals surface area contributed by atoms with E-state index in [4.69, 9.17) is 0 Å². The number of nitrogens with zero attached hydrogens (tertiary/aromatic N) is 1. The Balaban J connectivity index is 2.27. The molecular weight excluding hydrogens is 365 g/mol. The summed E-state index contributed by atoms with van der Waals surface area (Å²) in [6, 6.07) is 5.64. The number of nitrogens with one attached hydrogen (secondary N) is 1. The zero-order valence-corrected chi connectivity index (χ0v) is 12.5. The summed E-state index contributed by atoms with van der Waals surface area (Å²) in [6.07, 6.45) is 0. The lowest BCUT2D eigenvalue weighted by Crippen LogP contribution is -2.16. The van der Waals surface area contributed by atoms with Gasteiger partial charge in [0, 0.05) is 18.4 Å². The van der Waals surface area contributed by atoms with Crippen LogP contribution in [0.4, 0.5) is 14.5 Å². The van der Waals surface area contributed by atoms with Gasteiger partial charge in [-0.15, -0.1) is 0 Å². The van der Waals surface area contributed by atoms with Crippen LogP contribution in [0.3, 0.4) is 0 Å². The summed E-state index contributed by atoms with van der Waals surface area (Å²) < 4.78 is 28.4. The molecule has 6 heteroatoms. The van der Waals surface area contributed by atoms with Gasteiger partial charge < -0.3 is 9.88 Å². The van der Waals surface area contributed by atoms with Crippen molar-refractivity contribution < 1.29 is 13.6 Å². The van der Waals surface area contributed by atoms with Crippen molar-refractivity contribution in [3.63, 3.8) is 0 Å². The third kappa shape index (κ3) is 2.78. The van der Waals surface area contributed by atoms with Crippen LogP contribution in [-0.4, -0.2) is 10.5 Å². The second kappa shape index (κ2) is 5.28. The molecule has 1 aromatic heterocycles. The van der Waals surface area contributed by atoms with E-state index in [1.165, 1.54) is 0 Å². The second-order valence-corrected chi connectivity index (χ2v) is 5.21. The van der Waals surface area contributed by atoms with Gasteiger partial charge in [-0.1, -0.05) is 0 Å². The number of aryl methyl sites for hydroxylation is 1. The van der Waals surface area contributed by atoms with Gasteiger partial charge in [-0.2, -0.15) is 0 Å². The lowest BCUT2D eigenvalue weighted by atomic mass is 10.3. The summed E-state index contributed by atoms with van der Waals surface area (Å²) in [6.45, 7) is 1.86. The number of anilines is 1. The molecule has 0 aliphatic carbocycles. The van der Waals surface area contributed by atoms with E-state index in [1.807, 2.05) is 6.92 Å². The van der Waals surface area contributed by atoms with Gasteiger partial charge in [0.1, 0.15) is 17.3 Å². The lowest BCUT2D eigenvalue weighted by Gasteiger charge is -2.08. The number of rotatable bonds is 2. The average molecular weight is 376 g/mol. The van der Waals surface area contributed by atoms with Crippen LogP contribution in [0.1, 0.15) is 16.2 Å². The third-order valence-electron chi connectivity index (χ3n) is 2.85. The van der Waals surface area contributed by atoms with E-state index in [0.29, 0.717) is 5.69 Å². The van der Waals surface area contributed by atoms with Gasteiger partial charge in [-0.25, -0.2) is 8.78 Å². The van der Waals surface area contributed by atoms with Crippen molar-refractivity contribution in [2.75, 3.05) is 5.32 Å². The van der Waals surface area contributed by atoms with Gasteiger partial charge >= 0.3 is 0 Å². The smallest absolute Gasteiger partial charge is 0.272 e. The third-order valence-corrected chi connectivity index (χ3v) is 3.88. The average Bonchev–Trinajstić information content (AvgIpc) is 2.67. The predicted octanol–water partition coefficient (Wildman–Crippen LogP) is 3.47. The van der Waals surface area contributed by atoms with Crippen molar-refractivity contribution in [3.05, 3.63) is 50.9 Å². The first-order valence-electron chi connectivity index (χ1n) is 5.48.